The SMILES string of the molecule is CCCc1cc2n(c1C(=O)c1ccc(F)cc1)CCCCC2C(=O)[O-].[Na+]. The van der Waals surface area contributed by atoms with Gasteiger partial charge in [-0.1, -0.05) is 19.8 Å². The number of rotatable bonds is 5. The topological polar surface area (TPSA) is 62.1 Å². The van der Waals surface area contributed by atoms with Crippen molar-refractivity contribution in [2.24, 2.45) is 0 Å². The molecule has 0 bridgehead atoms. The van der Waals surface area contributed by atoms with Gasteiger partial charge in [-0.2, -0.15) is 0 Å². The molecular weight excluding hydrogens is 344 g/mol. The first kappa shape index (κ1) is 20.9. The first-order chi connectivity index (χ1) is 12.0. The first-order valence-corrected chi connectivity index (χ1v) is 8.76. The maximum atomic E-state index is 13.2. The Kier molecular flexibility index (Phi) is 7.21. The molecular formula is C20H21FNNaO3. The predicted molar refractivity (Wildman–Crippen MR) is 89.9 cm³/mol. The molecule has 0 N–H and O–H groups in total. The molecule has 1 aromatic heterocycles. The number of carbonyl (C=O) groups is 2. The molecule has 0 saturated carbocycles. The minimum absolute atomic E-state index is 0. The number of fused-ring (bicyclic) bond motifs is 1. The van der Waals surface area contributed by atoms with Crippen LogP contribution in [0.4, 0.5) is 4.39 Å². The number of aryl methyl sites for hydroxylation is 1. The van der Waals surface area contributed by atoms with Crippen LogP contribution in [0.15, 0.2) is 30.3 Å². The molecule has 0 spiro atoms. The number of nitrogens with zero attached hydrogens (tertiary/aromatic N) is 1. The van der Waals surface area contributed by atoms with Crippen LogP contribution < -0.4 is 34.7 Å². The van der Waals surface area contributed by atoms with E-state index in [1.165, 1.54) is 24.3 Å². The summed E-state index contributed by atoms with van der Waals surface area (Å²) in [6.07, 6.45) is 3.68. The summed E-state index contributed by atoms with van der Waals surface area (Å²) < 4.78 is 15.0. The zero-order valence-electron chi connectivity index (χ0n) is 15.3. The summed E-state index contributed by atoms with van der Waals surface area (Å²) >= 11 is 0. The number of carboxylic acids is 1. The van der Waals surface area contributed by atoms with Crippen molar-refractivity contribution in [1.29, 1.82) is 0 Å². The monoisotopic (exact) mass is 365 g/mol. The van der Waals surface area contributed by atoms with Crippen molar-refractivity contribution in [2.75, 3.05) is 0 Å². The largest absolute Gasteiger partial charge is 1.00 e. The summed E-state index contributed by atoms with van der Waals surface area (Å²) in [4.78, 5) is 24.6. The van der Waals surface area contributed by atoms with E-state index in [1.54, 1.807) is 0 Å². The molecule has 132 valence electrons. The Morgan fingerprint density at radius 1 is 1.23 bits per heavy atom. The van der Waals surface area contributed by atoms with Gasteiger partial charge in [0.15, 0.2) is 0 Å². The molecule has 3 rings (SSSR count). The molecule has 4 nitrogen and oxygen atoms in total. The van der Waals surface area contributed by atoms with Gasteiger partial charge in [-0.25, -0.2) is 4.39 Å². The number of halogens is 1. The fourth-order valence-electron chi connectivity index (χ4n) is 3.63. The van der Waals surface area contributed by atoms with Crippen molar-refractivity contribution in [1.82, 2.24) is 4.57 Å². The Bertz CT molecular complexity index is 798. The number of ketones is 1. The first-order valence-electron chi connectivity index (χ1n) is 8.76. The van der Waals surface area contributed by atoms with E-state index in [0.717, 1.165) is 24.8 Å². The van der Waals surface area contributed by atoms with E-state index in [4.69, 9.17) is 0 Å². The summed E-state index contributed by atoms with van der Waals surface area (Å²) in [7, 11) is 0. The van der Waals surface area contributed by atoms with Crippen LogP contribution in [-0.4, -0.2) is 16.3 Å². The third-order valence-electron chi connectivity index (χ3n) is 4.81. The predicted octanol–water partition coefficient (Wildman–Crippen LogP) is -0.168. The van der Waals surface area contributed by atoms with Crippen molar-refractivity contribution >= 4 is 11.8 Å². The molecule has 1 aliphatic rings. The molecule has 1 aromatic carbocycles. The minimum Gasteiger partial charge on any atom is -0.549 e. The number of carbonyl (C=O) groups excluding carboxylic acids is 2. The van der Waals surface area contributed by atoms with Crippen LogP contribution in [0.1, 0.15) is 65.8 Å². The second-order valence-electron chi connectivity index (χ2n) is 6.55. The summed E-state index contributed by atoms with van der Waals surface area (Å²) in [5.41, 5.74) is 2.47. The standard InChI is InChI=1S/C20H22FNO3.Na/c1-2-5-14-12-17-16(20(24)25)6-3-4-11-22(17)18(14)19(23)13-7-9-15(21)10-8-13;/h7-10,12,16H,2-6,11H2,1H3,(H,24,25);/q;+1/p-1. The minimum atomic E-state index is -1.09. The smallest absolute Gasteiger partial charge is 0.549 e. The van der Waals surface area contributed by atoms with Crippen LogP contribution in [-0.2, 0) is 17.8 Å². The molecule has 0 fully saturated rings. The van der Waals surface area contributed by atoms with E-state index in [-0.39, 0.29) is 35.3 Å². The average molecular weight is 365 g/mol. The summed E-state index contributed by atoms with van der Waals surface area (Å²) in [5, 5.41) is 11.6. The van der Waals surface area contributed by atoms with E-state index < -0.39 is 17.7 Å². The number of hydrogen-bond donors (Lipinski definition) is 0. The zero-order valence-corrected chi connectivity index (χ0v) is 17.3. The van der Waals surface area contributed by atoms with E-state index in [1.807, 2.05) is 17.6 Å². The van der Waals surface area contributed by atoms with Crippen LogP contribution in [0.25, 0.3) is 0 Å². The number of aliphatic carboxylic acids is 1. The van der Waals surface area contributed by atoms with Crippen LogP contribution >= 0.6 is 0 Å². The van der Waals surface area contributed by atoms with Gasteiger partial charge in [0, 0.05) is 23.7 Å². The van der Waals surface area contributed by atoms with Gasteiger partial charge in [0.2, 0.25) is 5.78 Å². The Labute approximate surface area is 174 Å². The average Bonchev–Trinajstić information content (AvgIpc) is 2.79. The van der Waals surface area contributed by atoms with Gasteiger partial charge in [-0.15, -0.1) is 0 Å². The fraction of sp³-hybridized carbons (Fsp3) is 0.400. The van der Waals surface area contributed by atoms with Gasteiger partial charge in [0.25, 0.3) is 0 Å². The van der Waals surface area contributed by atoms with Gasteiger partial charge in [0.05, 0.1) is 11.7 Å². The van der Waals surface area contributed by atoms with Gasteiger partial charge < -0.3 is 14.5 Å². The molecule has 0 radical (unpaired) electrons. The molecule has 0 aliphatic carbocycles. The Hall–Kier alpha value is -1.43. The van der Waals surface area contributed by atoms with Crippen molar-refractivity contribution < 1.29 is 48.6 Å². The van der Waals surface area contributed by atoms with Crippen molar-refractivity contribution in [2.45, 2.75) is 51.5 Å². The third kappa shape index (κ3) is 4.11. The quantitative estimate of drug-likeness (QED) is 0.546. The summed E-state index contributed by atoms with van der Waals surface area (Å²) in [5.74, 6) is -2.36. The van der Waals surface area contributed by atoms with Crippen LogP contribution in [0.2, 0.25) is 0 Å². The molecule has 1 atom stereocenters. The molecule has 6 heteroatoms. The molecule has 2 heterocycles. The fourth-order valence-corrected chi connectivity index (χ4v) is 3.63. The second kappa shape index (κ2) is 8.98. The molecule has 1 unspecified atom stereocenters. The number of hydrogen-bond acceptors (Lipinski definition) is 3. The van der Waals surface area contributed by atoms with Gasteiger partial charge in [-0.05, 0) is 55.2 Å². The Morgan fingerprint density at radius 2 is 1.92 bits per heavy atom. The van der Waals surface area contributed by atoms with Crippen LogP contribution in [0.5, 0.6) is 0 Å². The van der Waals surface area contributed by atoms with E-state index in [2.05, 4.69) is 0 Å². The number of benzene rings is 1. The number of aromatic nitrogens is 1. The van der Waals surface area contributed by atoms with Crippen LogP contribution in [0.3, 0.4) is 0 Å². The Morgan fingerprint density at radius 3 is 2.54 bits per heavy atom. The number of carboxylic acid groups (broad SMARTS) is 1. The van der Waals surface area contributed by atoms with Gasteiger partial charge in [0.1, 0.15) is 5.82 Å². The van der Waals surface area contributed by atoms with E-state index >= 15 is 0 Å². The summed E-state index contributed by atoms with van der Waals surface area (Å²) in [6.45, 7) is 2.64. The van der Waals surface area contributed by atoms with Gasteiger partial charge >= 0.3 is 29.6 Å². The zero-order chi connectivity index (χ0) is 18.0. The Balaban J connectivity index is 0.00000243. The molecule has 26 heavy (non-hydrogen) atoms. The molecule has 0 amide bonds. The van der Waals surface area contributed by atoms with Crippen molar-refractivity contribution in [3.05, 3.63) is 58.7 Å². The summed E-state index contributed by atoms with van der Waals surface area (Å²) in [6, 6.07) is 7.33. The van der Waals surface area contributed by atoms with Gasteiger partial charge in [-0.3, -0.25) is 4.79 Å². The van der Waals surface area contributed by atoms with Crippen molar-refractivity contribution in [3.63, 3.8) is 0 Å². The third-order valence-corrected chi connectivity index (χ3v) is 4.81. The molecule has 1 aliphatic heterocycles. The van der Waals surface area contributed by atoms with E-state index in [9.17, 15) is 19.1 Å². The maximum Gasteiger partial charge on any atom is 1.00 e. The van der Waals surface area contributed by atoms with E-state index in [0.29, 0.717) is 36.3 Å². The molecule has 2 aromatic rings. The normalized spacial score (nSPS) is 16.3. The van der Waals surface area contributed by atoms with Crippen molar-refractivity contribution in [3.8, 4) is 0 Å². The maximum absolute atomic E-state index is 13.2. The molecule has 0 saturated heterocycles. The second-order valence-corrected chi connectivity index (χ2v) is 6.55. The van der Waals surface area contributed by atoms with Crippen LogP contribution in [0, 0.1) is 5.82 Å².